The molecule has 1 unspecified atom stereocenters. The molecule has 1 atom stereocenters. The summed E-state index contributed by atoms with van der Waals surface area (Å²) < 4.78 is 5.47. The van der Waals surface area contributed by atoms with Gasteiger partial charge in [0.2, 0.25) is 0 Å². The highest BCUT2D eigenvalue weighted by Crippen LogP contribution is 2.21. The fourth-order valence-electron chi connectivity index (χ4n) is 2.78. The van der Waals surface area contributed by atoms with Crippen LogP contribution in [0.25, 0.3) is 11.3 Å². The summed E-state index contributed by atoms with van der Waals surface area (Å²) >= 11 is 0. The molecule has 1 aliphatic heterocycles. The van der Waals surface area contributed by atoms with Crippen LogP contribution in [0.15, 0.2) is 40.9 Å². The molecular formula is C16H20N2O. The zero-order valence-electron chi connectivity index (χ0n) is 11.4. The highest BCUT2D eigenvalue weighted by molar-refractivity contribution is 5.58. The number of aromatic nitrogens is 1. The molecule has 19 heavy (non-hydrogen) atoms. The fourth-order valence-corrected chi connectivity index (χ4v) is 2.78. The molecule has 100 valence electrons. The van der Waals surface area contributed by atoms with Gasteiger partial charge < -0.3 is 4.52 Å². The normalized spacial score (nSPS) is 20.6. The predicted molar refractivity (Wildman–Crippen MR) is 75.6 cm³/mol. The minimum atomic E-state index is 0.797. The molecule has 3 rings (SSSR count). The average molecular weight is 256 g/mol. The van der Waals surface area contributed by atoms with Crippen LogP contribution >= 0.6 is 0 Å². The van der Waals surface area contributed by atoms with Gasteiger partial charge in [-0.3, -0.25) is 4.90 Å². The monoisotopic (exact) mass is 256 g/mol. The number of rotatable bonds is 3. The molecule has 3 nitrogen and oxygen atoms in total. The Bertz CT molecular complexity index is 521. The van der Waals surface area contributed by atoms with Gasteiger partial charge in [0, 0.05) is 18.2 Å². The standard InChI is InChI=1S/C16H20N2O/c1-13-6-5-9-18(11-13)12-15-10-16(17-19-15)14-7-3-2-4-8-14/h2-4,7-8,10,13H,5-6,9,11-12H2,1H3. The molecule has 2 aromatic rings. The van der Waals surface area contributed by atoms with E-state index >= 15 is 0 Å². The maximum atomic E-state index is 5.47. The Balaban J connectivity index is 1.68. The second-order valence-corrected chi connectivity index (χ2v) is 5.53. The topological polar surface area (TPSA) is 29.3 Å². The summed E-state index contributed by atoms with van der Waals surface area (Å²) in [6.45, 7) is 5.54. The highest BCUT2D eigenvalue weighted by Gasteiger charge is 2.18. The molecule has 3 heteroatoms. The lowest BCUT2D eigenvalue weighted by Crippen LogP contribution is -2.33. The van der Waals surface area contributed by atoms with Crippen LogP contribution in [-0.4, -0.2) is 23.1 Å². The SMILES string of the molecule is CC1CCCN(Cc2cc(-c3ccccc3)no2)C1. The summed E-state index contributed by atoms with van der Waals surface area (Å²) in [5.41, 5.74) is 2.05. The van der Waals surface area contributed by atoms with E-state index in [9.17, 15) is 0 Å². The molecule has 0 bridgehead atoms. The van der Waals surface area contributed by atoms with Crippen molar-refractivity contribution in [3.8, 4) is 11.3 Å². The third kappa shape index (κ3) is 3.04. The van der Waals surface area contributed by atoms with Crippen molar-refractivity contribution in [3.63, 3.8) is 0 Å². The summed E-state index contributed by atoms with van der Waals surface area (Å²) in [5, 5.41) is 4.17. The summed E-state index contributed by atoms with van der Waals surface area (Å²) in [7, 11) is 0. The van der Waals surface area contributed by atoms with Crippen LogP contribution in [0.2, 0.25) is 0 Å². The molecule has 0 saturated carbocycles. The maximum absolute atomic E-state index is 5.47. The van der Waals surface area contributed by atoms with Gasteiger partial charge in [-0.15, -0.1) is 0 Å². The summed E-state index contributed by atoms with van der Waals surface area (Å²) in [6.07, 6.45) is 2.64. The van der Waals surface area contributed by atoms with E-state index in [1.807, 2.05) is 18.2 Å². The molecule has 0 amide bonds. The lowest BCUT2D eigenvalue weighted by atomic mass is 10.0. The van der Waals surface area contributed by atoms with E-state index in [-0.39, 0.29) is 0 Å². The predicted octanol–water partition coefficient (Wildman–Crippen LogP) is 3.57. The number of piperidine rings is 1. The Morgan fingerprint density at radius 2 is 2.16 bits per heavy atom. The van der Waals surface area contributed by atoms with Gasteiger partial charge >= 0.3 is 0 Å². The van der Waals surface area contributed by atoms with E-state index < -0.39 is 0 Å². The van der Waals surface area contributed by atoms with E-state index in [4.69, 9.17) is 4.52 Å². The van der Waals surface area contributed by atoms with Crippen molar-refractivity contribution in [3.05, 3.63) is 42.2 Å². The minimum Gasteiger partial charge on any atom is -0.359 e. The van der Waals surface area contributed by atoms with E-state index in [0.717, 1.165) is 29.5 Å². The Kier molecular flexibility index (Phi) is 3.65. The Morgan fingerprint density at radius 1 is 1.32 bits per heavy atom. The van der Waals surface area contributed by atoms with Gasteiger partial charge in [0.15, 0.2) is 5.76 Å². The summed E-state index contributed by atoms with van der Waals surface area (Å²) in [5.74, 6) is 1.76. The largest absolute Gasteiger partial charge is 0.359 e. The van der Waals surface area contributed by atoms with Gasteiger partial charge in [-0.05, 0) is 25.3 Å². The first-order chi connectivity index (χ1) is 9.31. The van der Waals surface area contributed by atoms with Crippen molar-refractivity contribution in [2.45, 2.75) is 26.3 Å². The van der Waals surface area contributed by atoms with Gasteiger partial charge in [0.25, 0.3) is 0 Å². The molecule has 0 spiro atoms. The molecule has 1 saturated heterocycles. The van der Waals surface area contributed by atoms with Crippen molar-refractivity contribution < 1.29 is 4.52 Å². The number of hydrogen-bond acceptors (Lipinski definition) is 3. The van der Waals surface area contributed by atoms with Gasteiger partial charge in [-0.2, -0.15) is 0 Å². The third-order valence-corrected chi connectivity index (χ3v) is 3.75. The van der Waals surface area contributed by atoms with Crippen LogP contribution in [-0.2, 0) is 6.54 Å². The van der Waals surface area contributed by atoms with E-state index in [1.165, 1.54) is 25.9 Å². The van der Waals surface area contributed by atoms with Crippen molar-refractivity contribution >= 4 is 0 Å². The third-order valence-electron chi connectivity index (χ3n) is 3.75. The van der Waals surface area contributed by atoms with Gasteiger partial charge in [0.1, 0.15) is 5.69 Å². The lowest BCUT2D eigenvalue weighted by Gasteiger charge is -2.29. The first-order valence-corrected chi connectivity index (χ1v) is 7.04. The molecule has 0 radical (unpaired) electrons. The van der Waals surface area contributed by atoms with Crippen molar-refractivity contribution in [2.75, 3.05) is 13.1 Å². The van der Waals surface area contributed by atoms with E-state index in [2.05, 4.69) is 35.2 Å². The number of nitrogens with zero attached hydrogens (tertiary/aromatic N) is 2. The summed E-state index contributed by atoms with van der Waals surface area (Å²) in [6, 6.07) is 12.2. The minimum absolute atomic E-state index is 0.797. The van der Waals surface area contributed by atoms with E-state index in [1.54, 1.807) is 0 Å². The smallest absolute Gasteiger partial charge is 0.151 e. The Morgan fingerprint density at radius 3 is 2.95 bits per heavy atom. The first-order valence-electron chi connectivity index (χ1n) is 7.04. The molecule has 0 N–H and O–H groups in total. The van der Waals surface area contributed by atoms with E-state index in [0.29, 0.717) is 0 Å². The summed E-state index contributed by atoms with van der Waals surface area (Å²) in [4.78, 5) is 2.46. The number of benzene rings is 1. The zero-order valence-corrected chi connectivity index (χ0v) is 11.4. The highest BCUT2D eigenvalue weighted by atomic mass is 16.5. The molecule has 2 heterocycles. The number of hydrogen-bond donors (Lipinski definition) is 0. The molecule has 1 fully saturated rings. The van der Waals surface area contributed by atoms with Crippen molar-refractivity contribution in [1.82, 2.24) is 10.1 Å². The molecule has 1 aliphatic rings. The van der Waals surface area contributed by atoms with Crippen LogP contribution < -0.4 is 0 Å². The van der Waals surface area contributed by atoms with Crippen LogP contribution in [0, 0.1) is 5.92 Å². The molecular weight excluding hydrogens is 236 g/mol. The first kappa shape index (κ1) is 12.4. The van der Waals surface area contributed by atoms with Gasteiger partial charge in [0.05, 0.1) is 6.54 Å². The zero-order chi connectivity index (χ0) is 13.1. The lowest BCUT2D eigenvalue weighted by molar-refractivity contribution is 0.160. The second kappa shape index (κ2) is 5.57. The fraction of sp³-hybridized carbons (Fsp3) is 0.438. The molecule has 1 aromatic heterocycles. The number of likely N-dealkylation sites (tertiary alicyclic amines) is 1. The van der Waals surface area contributed by atoms with Crippen LogP contribution in [0.4, 0.5) is 0 Å². The van der Waals surface area contributed by atoms with Crippen LogP contribution in [0.1, 0.15) is 25.5 Å². The average Bonchev–Trinajstić information content (AvgIpc) is 2.88. The Labute approximate surface area is 114 Å². The second-order valence-electron chi connectivity index (χ2n) is 5.53. The van der Waals surface area contributed by atoms with Crippen molar-refractivity contribution in [2.24, 2.45) is 5.92 Å². The quantitative estimate of drug-likeness (QED) is 0.840. The van der Waals surface area contributed by atoms with Gasteiger partial charge in [-0.25, -0.2) is 0 Å². The van der Waals surface area contributed by atoms with Gasteiger partial charge in [-0.1, -0.05) is 42.4 Å². The van der Waals surface area contributed by atoms with Crippen LogP contribution in [0.5, 0.6) is 0 Å². The van der Waals surface area contributed by atoms with Crippen LogP contribution in [0.3, 0.4) is 0 Å². The Hall–Kier alpha value is -1.61. The molecule has 0 aliphatic carbocycles. The maximum Gasteiger partial charge on any atom is 0.151 e. The molecule has 1 aromatic carbocycles. The van der Waals surface area contributed by atoms with Crippen molar-refractivity contribution in [1.29, 1.82) is 0 Å².